The van der Waals surface area contributed by atoms with Gasteiger partial charge in [-0.2, -0.15) is 0 Å². The van der Waals surface area contributed by atoms with Crippen LogP contribution < -0.4 is 10.6 Å². The van der Waals surface area contributed by atoms with E-state index < -0.39 is 0 Å². The van der Waals surface area contributed by atoms with Crippen LogP contribution in [0.1, 0.15) is 6.42 Å². The van der Waals surface area contributed by atoms with Crippen molar-refractivity contribution >= 4 is 22.8 Å². The summed E-state index contributed by atoms with van der Waals surface area (Å²) in [6.45, 7) is 0.921. The third-order valence-electron chi connectivity index (χ3n) is 2.04. The first-order chi connectivity index (χ1) is 6.84. The maximum atomic E-state index is 5.14. The molecule has 0 spiro atoms. The van der Waals surface area contributed by atoms with E-state index in [1.54, 1.807) is 0 Å². The molecule has 72 valence electrons. The van der Waals surface area contributed by atoms with Gasteiger partial charge in [0.1, 0.15) is 5.82 Å². The first-order valence-corrected chi connectivity index (χ1v) is 5.06. The normalized spacial score (nSPS) is 15.7. The number of hydrogen-bond acceptors (Lipinski definition) is 3. The summed E-state index contributed by atoms with van der Waals surface area (Å²) < 4.78 is 0. The van der Waals surface area contributed by atoms with Gasteiger partial charge in [-0.25, -0.2) is 0 Å². The van der Waals surface area contributed by atoms with Crippen LogP contribution in [-0.4, -0.2) is 11.4 Å². The van der Waals surface area contributed by atoms with Gasteiger partial charge in [0.05, 0.1) is 0 Å². The van der Waals surface area contributed by atoms with Gasteiger partial charge in [0.25, 0.3) is 0 Å². The molecule has 2 nitrogen and oxygen atoms in total. The van der Waals surface area contributed by atoms with Crippen LogP contribution in [0.5, 0.6) is 0 Å². The summed E-state index contributed by atoms with van der Waals surface area (Å²) in [7, 11) is 0. The molecule has 0 aliphatic carbocycles. The van der Waals surface area contributed by atoms with Crippen molar-refractivity contribution in [1.29, 1.82) is 0 Å². The van der Waals surface area contributed by atoms with Gasteiger partial charge in [0.15, 0.2) is 0 Å². The number of nitrogens with one attached hydrogen (secondary N) is 2. The van der Waals surface area contributed by atoms with Crippen LogP contribution in [0, 0.1) is 0 Å². The van der Waals surface area contributed by atoms with Crippen molar-refractivity contribution in [1.82, 2.24) is 5.32 Å². The number of rotatable bonds is 2. The molecule has 0 bridgehead atoms. The molecule has 14 heavy (non-hydrogen) atoms. The van der Waals surface area contributed by atoms with Crippen molar-refractivity contribution in [2.24, 2.45) is 0 Å². The van der Waals surface area contributed by atoms with Crippen LogP contribution in [0.4, 0.5) is 5.69 Å². The fourth-order valence-corrected chi connectivity index (χ4v) is 1.58. The molecule has 0 atom stereocenters. The summed E-state index contributed by atoms with van der Waals surface area (Å²) in [6.07, 6.45) is 2.93. The Balaban J connectivity index is 2.08. The topological polar surface area (TPSA) is 24.1 Å². The third-order valence-corrected chi connectivity index (χ3v) is 2.37. The average molecular weight is 204 g/mol. The molecule has 1 aromatic carbocycles. The van der Waals surface area contributed by atoms with Crippen LogP contribution in [0.15, 0.2) is 42.2 Å². The molecule has 0 aromatic heterocycles. The lowest BCUT2D eigenvalue weighted by Crippen LogP contribution is -2.27. The van der Waals surface area contributed by atoms with Gasteiger partial charge in [-0.15, -0.1) is 0 Å². The second kappa shape index (κ2) is 4.24. The quantitative estimate of drug-likeness (QED) is 0.723. The number of allylic oxidation sites excluding steroid dienone is 1. The molecule has 2 N–H and O–H groups in total. The van der Waals surface area contributed by atoms with Gasteiger partial charge in [-0.05, 0) is 18.2 Å². The highest BCUT2D eigenvalue weighted by Crippen LogP contribution is 2.09. The van der Waals surface area contributed by atoms with Crippen molar-refractivity contribution in [3.05, 3.63) is 42.2 Å². The van der Waals surface area contributed by atoms with Crippen molar-refractivity contribution in [3.63, 3.8) is 0 Å². The molecule has 0 saturated heterocycles. The smallest absolute Gasteiger partial charge is 0.104 e. The van der Waals surface area contributed by atoms with E-state index in [1.807, 2.05) is 36.4 Å². The minimum Gasteiger partial charge on any atom is -0.371 e. The zero-order valence-corrected chi connectivity index (χ0v) is 8.60. The Hall–Kier alpha value is -1.35. The van der Waals surface area contributed by atoms with Gasteiger partial charge in [0.2, 0.25) is 0 Å². The van der Waals surface area contributed by atoms with Crippen molar-refractivity contribution < 1.29 is 0 Å². The van der Waals surface area contributed by atoms with E-state index in [4.69, 9.17) is 12.2 Å². The van der Waals surface area contributed by atoms with Crippen LogP contribution in [0.3, 0.4) is 0 Å². The molecular formula is C11H12N2S. The van der Waals surface area contributed by atoms with Crippen molar-refractivity contribution in [3.8, 4) is 0 Å². The Labute approximate surface area is 89.0 Å². The van der Waals surface area contributed by atoms with E-state index >= 15 is 0 Å². The molecule has 2 rings (SSSR count). The zero-order chi connectivity index (χ0) is 9.80. The van der Waals surface area contributed by atoms with Gasteiger partial charge in [-0.1, -0.05) is 30.4 Å². The first kappa shape index (κ1) is 9.21. The van der Waals surface area contributed by atoms with Crippen LogP contribution in [-0.2, 0) is 0 Å². The lowest BCUT2D eigenvalue weighted by Gasteiger charge is -2.17. The van der Waals surface area contributed by atoms with Crippen LogP contribution >= 0.6 is 12.2 Å². The van der Waals surface area contributed by atoms with Crippen LogP contribution in [0.2, 0.25) is 0 Å². The molecule has 0 unspecified atom stereocenters. The Kier molecular flexibility index (Phi) is 2.79. The van der Waals surface area contributed by atoms with E-state index in [0.29, 0.717) is 0 Å². The van der Waals surface area contributed by atoms with Gasteiger partial charge in [0, 0.05) is 23.5 Å². The highest BCUT2D eigenvalue weighted by Gasteiger charge is 2.05. The minimum absolute atomic E-state index is 0.921. The Morgan fingerprint density at radius 3 is 2.71 bits per heavy atom. The molecule has 1 heterocycles. The second-order valence-corrected chi connectivity index (χ2v) is 3.72. The average Bonchev–Trinajstić information content (AvgIpc) is 2.19. The molecule has 1 aromatic rings. The minimum atomic E-state index is 0.921. The second-order valence-electron chi connectivity index (χ2n) is 3.19. The number of benzene rings is 1. The predicted octanol–water partition coefficient (Wildman–Crippen LogP) is 2.30. The number of thiocarbonyl (C=S) groups is 1. The molecule has 0 saturated carbocycles. The van der Waals surface area contributed by atoms with Crippen molar-refractivity contribution in [2.75, 3.05) is 11.9 Å². The summed E-state index contributed by atoms with van der Waals surface area (Å²) in [5.74, 6) is 0.993. The summed E-state index contributed by atoms with van der Waals surface area (Å²) in [5.41, 5.74) is 1.08. The highest BCUT2D eigenvalue weighted by molar-refractivity contribution is 7.80. The van der Waals surface area contributed by atoms with Crippen LogP contribution in [0.25, 0.3) is 0 Å². The first-order valence-electron chi connectivity index (χ1n) is 4.65. The third kappa shape index (κ3) is 2.33. The summed E-state index contributed by atoms with van der Waals surface area (Å²) in [4.78, 5) is 1.00. The molecule has 0 fully saturated rings. The summed E-state index contributed by atoms with van der Waals surface area (Å²) >= 11 is 5.14. The molecular weight excluding hydrogens is 192 g/mol. The van der Waals surface area contributed by atoms with E-state index in [2.05, 4.69) is 10.6 Å². The molecule has 1 aliphatic heterocycles. The van der Waals surface area contributed by atoms with E-state index in [1.165, 1.54) is 0 Å². The van der Waals surface area contributed by atoms with Crippen molar-refractivity contribution in [2.45, 2.75) is 6.42 Å². The number of anilines is 1. The standard InChI is InChI=1S/C11H12N2S/c14-10-6-7-12-11(8-10)13-9-4-2-1-3-5-9/h1-5,8,12-13H,6-7H2. The predicted molar refractivity (Wildman–Crippen MR) is 63.4 cm³/mol. The molecule has 0 amide bonds. The molecule has 1 aliphatic rings. The Bertz CT molecular complexity index is 357. The Morgan fingerprint density at radius 1 is 1.21 bits per heavy atom. The fraction of sp³-hybridized carbons (Fsp3) is 0.182. The lowest BCUT2D eigenvalue weighted by atomic mass is 10.2. The van der Waals surface area contributed by atoms with Gasteiger partial charge in [-0.3, -0.25) is 0 Å². The maximum absolute atomic E-state index is 5.14. The SMILES string of the molecule is S=C1C=C(Nc2ccccc2)NCC1. The van der Waals surface area contributed by atoms with Gasteiger partial charge >= 0.3 is 0 Å². The lowest BCUT2D eigenvalue weighted by molar-refractivity contribution is 0.812. The molecule has 3 heteroatoms. The zero-order valence-electron chi connectivity index (χ0n) is 7.79. The summed E-state index contributed by atoms with van der Waals surface area (Å²) in [6, 6.07) is 10.1. The summed E-state index contributed by atoms with van der Waals surface area (Å²) in [5, 5.41) is 6.53. The Morgan fingerprint density at radius 2 is 2.00 bits per heavy atom. The van der Waals surface area contributed by atoms with E-state index in [-0.39, 0.29) is 0 Å². The number of hydrogen-bond donors (Lipinski definition) is 2. The fourth-order valence-electron chi connectivity index (χ4n) is 1.36. The number of para-hydroxylation sites is 1. The largest absolute Gasteiger partial charge is 0.371 e. The van der Waals surface area contributed by atoms with E-state index in [9.17, 15) is 0 Å². The molecule has 0 radical (unpaired) electrons. The highest BCUT2D eigenvalue weighted by atomic mass is 32.1. The van der Waals surface area contributed by atoms with Gasteiger partial charge < -0.3 is 10.6 Å². The maximum Gasteiger partial charge on any atom is 0.104 e. The van der Waals surface area contributed by atoms with E-state index in [0.717, 1.165) is 29.3 Å². The monoisotopic (exact) mass is 204 g/mol.